The Hall–Kier alpha value is -0.170. The van der Waals surface area contributed by atoms with Crippen LogP contribution in [-0.2, 0) is 9.53 Å². The van der Waals surface area contributed by atoms with Gasteiger partial charge in [-0.05, 0) is 19.4 Å². The highest BCUT2D eigenvalue weighted by molar-refractivity contribution is 5.85. The Morgan fingerprint density at radius 1 is 1.47 bits per heavy atom. The summed E-state index contributed by atoms with van der Waals surface area (Å²) in [7, 11) is 1.02. The third kappa shape index (κ3) is 5.46. The molecule has 0 aromatic carbocycles. The molecule has 0 aromatic rings. The Kier molecular flexibility index (Phi) is 12.3. The Bertz CT molecular complexity index is 186. The van der Waals surface area contributed by atoms with E-state index in [4.69, 9.17) is 11.5 Å². The maximum absolute atomic E-state index is 12.4. The van der Waals surface area contributed by atoms with Crippen molar-refractivity contribution in [2.75, 3.05) is 13.7 Å². The van der Waals surface area contributed by atoms with Gasteiger partial charge in [-0.1, -0.05) is 0 Å². The standard InChI is InChI=1S/C7H14F2N2O2.2ClH/c1-13-6(12)7(11,5(8)9)3-2-4-10;;/h5H,2-4,10-11H2,1H3;2*1H. The minimum absolute atomic E-state index is 0. The summed E-state index contributed by atoms with van der Waals surface area (Å²) in [5, 5.41) is 0. The molecule has 94 valence electrons. The third-order valence-corrected chi connectivity index (χ3v) is 1.75. The fourth-order valence-corrected chi connectivity index (χ4v) is 0.885. The first-order valence-electron chi connectivity index (χ1n) is 3.84. The Balaban J connectivity index is -0.000000720. The van der Waals surface area contributed by atoms with E-state index >= 15 is 0 Å². The lowest BCUT2D eigenvalue weighted by atomic mass is 9.95. The summed E-state index contributed by atoms with van der Waals surface area (Å²) in [5.74, 6) is -1.10. The first-order chi connectivity index (χ1) is 5.99. The van der Waals surface area contributed by atoms with Gasteiger partial charge in [-0.3, -0.25) is 0 Å². The Labute approximate surface area is 99.5 Å². The normalized spacial score (nSPS) is 13.5. The summed E-state index contributed by atoms with van der Waals surface area (Å²) in [6, 6.07) is 0. The van der Waals surface area contributed by atoms with Crippen LogP contribution >= 0.6 is 24.8 Å². The van der Waals surface area contributed by atoms with Crippen molar-refractivity contribution in [2.45, 2.75) is 24.8 Å². The molecule has 0 aliphatic carbocycles. The summed E-state index contributed by atoms with van der Waals surface area (Å²) < 4.78 is 28.9. The van der Waals surface area contributed by atoms with Crippen LogP contribution in [0.15, 0.2) is 0 Å². The molecule has 0 rings (SSSR count). The van der Waals surface area contributed by atoms with Crippen LogP contribution in [0.3, 0.4) is 0 Å². The number of carbonyl (C=O) groups excluding carboxylic acids is 1. The number of rotatable bonds is 5. The van der Waals surface area contributed by atoms with Crippen LogP contribution in [0.4, 0.5) is 8.78 Å². The smallest absolute Gasteiger partial charge is 0.331 e. The second kappa shape index (κ2) is 9.08. The monoisotopic (exact) mass is 268 g/mol. The van der Waals surface area contributed by atoms with E-state index in [0.29, 0.717) is 0 Å². The van der Waals surface area contributed by atoms with Crippen molar-refractivity contribution in [1.82, 2.24) is 0 Å². The number of nitrogens with two attached hydrogens (primary N) is 2. The highest BCUT2D eigenvalue weighted by Gasteiger charge is 2.44. The zero-order valence-corrected chi connectivity index (χ0v) is 9.88. The molecule has 4 nitrogen and oxygen atoms in total. The van der Waals surface area contributed by atoms with E-state index in [1.165, 1.54) is 0 Å². The predicted octanol–water partition coefficient (Wildman–Crippen LogP) is 0.704. The van der Waals surface area contributed by atoms with Gasteiger partial charge >= 0.3 is 5.97 Å². The molecule has 0 bridgehead atoms. The van der Waals surface area contributed by atoms with Gasteiger partial charge in [0.15, 0.2) is 5.54 Å². The maximum atomic E-state index is 12.4. The molecule has 0 heterocycles. The van der Waals surface area contributed by atoms with Crippen LogP contribution in [-0.4, -0.2) is 31.6 Å². The van der Waals surface area contributed by atoms with E-state index in [1.807, 2.05) is 0 Å². The van der Waals surface area contributed by atoms with Gasteiger partial charge in [0.1, 0.15) is 0 Å². The molecule has 0 saturated carbocycles. The molecule has 0 fully saturated rings. The average Bonchev–Trinajstić information content (AvgIpc) is 2.12. The number of halogens is 4. The summed E-state index contributed by atoms with van der Waals surface area (Å²) in [4.78, 5) is 10.9. The van der Waals surface area contributed by atoms with Gasteiger partial charge in [-0.25, -0.2) is 13.6 Å². The van der Waals surface area contributed by atoms with Gasteiger partial charge in [-0.15, -0.1) is 24.8 Å². The molecule has 0 amide bonds. The molecule has 0 aliphatic heterocycles. The second-order valence-corrected chi connectivity index (χ2v) is 2.72. The van der Waals surface area contributed by atoms with E-state index in [0.717, 1.165) is 7.11 Å². The van der Waals surface area contributed by atoms with Crippen LogP contribution in [0.5, 0.6) is 0 Å². The highest BCUT2D eigenvalue weighted by atomic mass is 35.5. The number of carbonyl (C=O) groups is 1. The zero-order chi connectivity index (χ0) is 10.5. The average molecular weight is 269 g/mol. The number of esters is 1. The first kappa shape index (κ1) is 20.3. The van der Waals surface area contributed by atoms with E-state index in [-0.39, 0.29) is 44.2 Å². The summed E-state index contributed by atoms with van der Waals surface area (Å²) in [6.45, 7) is 0.211. The molecule has 8 heteroatoms. The van der Waals surface area contributed by atoms with Crippen molar-refractivity contribution < 1.29 is 18.3 Å². The quantitative estimate of drug-likeness (QED) is 0.720. The maximum Gasteiger partial charge on any atom is 0.331 e. The van der Waals surface area contributed by atoms with Crippen LogP contribution in [0.2, 0.25) is 0 Å². The molecular weight excluding hydrogens is 253 g/mol. The molecule has 15 heavy (non-hydrogen) atoms. The van der Waals surface area contributed by atoms with E-state index in [9.17, 15) is 13.6 Å². The van der Waals surface area contributed by atoms with Crippen LogP contribution in [0.1, 0.15) is 12.8 Å². The molecule has 0 radical (unpaired) electrons. The highest BCUT2D eigenvalue weighted by Crippen LogP contribution is 2.20. The van der Waals surface area contributed by atoms with Gasteiger partial charge < -0.3 is 16.2 Å². The number of hydrogen-bond donors (Lipinski definition) is 2. The lowest BCUT2D eigenvalue weighted by molar-refractivity contribution is -0.153. The van der Waals surface area contributed by atoms with E-state index in [2.05, 4.69) is 4.74 Å². The van der Waals surface area contributed by atoms with Gasteiger partial charge in [0.25, 0.3) is 6.43 Å². The second-order valence-electron chi connectivity index (χ2n) is 2.72. The molecule has 0 aliphatic rings. The van der Waals surface area contributed by atoms with Crippen molar-refractivity contribution in [3.63, 3.8) is 0 Å². The van der Waals surface area contributed by atoms with Crippen LogP contribution < -0.4 is 11.5 Å². The minimum atomic E-state index is -2.94. The fourth-order valence-electron chi connectivity index (χ4n) is 0.885. The Morgan fingerprint density at radius 3 is 2.20 bits per heavy atom. The molecule has 1 unspecified atom stereocenters. The summed E-state index contributed by atoms with van der Waals surface area (Å²) >= 11 is 0. The Morgan fingerprint density at radius 2 is 1.93 bits per heavy atom. The lowest BCUT2D eigenvalue weighted by Gasteiger charge is -2.24. The number of methoxy groups -OCH3 is 1. The third-order valence-electron chi connectivity index (χ3n) is 1.75. The molecule has 0 aromatic heterocycles. The van der Waals surface area contributed by atoms with Crippen molar-refractivity contribution in [1.29, 1.82) is 0 Å². The largest absolute Gasteiger partial charge is 0.467 e. The predicted molar refractivity (Wildman–Crippen MR) is 57.7 cm³/mol. The van der Waals surface area contributed by atoms with Gasteiger partial charge in [0.2, 0.25) is 0 Å². The number of hydrogen-bond acceptors (Lipinski definition) is 4. The summed E-state index contributed by atoms with van der Waals surface area (Å²) in [6.07, 6.45) is -2.85. The minimum Gasteiger partial charge on any atom is -0.467 e. The van der Waals surface area contributed by atoms with Gasteiger partial charge in [0, 0.05) is 0 Å². The van der Waals surface area contributed by atoms with Crippen molar-refractivity contribution in [3.05, 3.63) is 0 Å². The van der Waals surface area contributed by atoms with Gasteiger partial charge in [0.05, 0.1) is 7.11 Å². The van der Waals surface area contributed by atoms with Crippen molar-refractivity contribution in [3.8, 4) is 0 Å². The van der Waals surface area contributed by atoms with Crippen LogP contribution in [0.25, 0.3) is 0 Å². The molecule has 0 saturated heterocycles. The topological polar surface area (TPSA) is 78.3 Å². The van der Waals surface area contributed by atoms with E-state index in [1.54, 1.807) is 0 Å². The summed E-state index contributed by atoms with van der Waals surface area (Å²) in [5.41, 5.74) is 8.11. The van der Waals surface area contributed by atoms with Crippen LogP contribution in [0, 0.1) is 0 Å². The zero-order valence-electron chi connectivity index (χ0n) is 8.24. The SMILES string of the molecule is COC(=O)C(N)(CCCN)C(F)F.Cl.Cl. The number of alkyl halides is 2. The molecule has 0 spiro atoms. The van der Waals surface area contributed by atoms with Crippen molar-refractivity contribution in [2.24, 2.45) is 11.5 Å². The van der Waals surface area contributed by atoms with E-state index < -0.39 is 17.9 Å². The first-order valence-corrected chi connectivity index (χ1v) is 3.84. The number of ether oxygens (including phenoxy) is 1. The van der Waals surface area contributed by atoms with Gasteiger partial charge in [-0.2, -0.15) is 0 Å². The molecule has 1 atom stereocenters. The molecule has 4 N–H and O–H groups in total. The van der Waals surface area contributed by atoms with Crippen molar-refractivity contribution >= 4 is 30.8 Å². The fraction of sp³-hybridized carbons (Fsp3) is 0.857. The molecular formula is C7H16Cl2F2N2O2. The lowest BCUT2D eigenvalue weighted by Crippen LogP contribution is -2.55.